The number of anilines is 1. The first-order chi connectivity index (χ1) is 10.6. The van der Waals surface area contributed by atoms with Gasteiger partial charge < -0.3 is 19.6 Å². The van der Waals surface area contributed by atoms with Crippen LogP contribution >= 0.6 is 0 Å². The molecule has 1 atom stereocenters. The molecule has 120 valence electrons. The van der Waals surface area contributed by atoms with Gasteiger partial charge in [0.1, 0.15) is 5.82 Å². The number of aromatic nitrogens is 1. The summed E-state index contributed by atoms with van der Waals surface area (Å²) in [5.41, 5.74) is 1.51. The molecule has 1 aromatic heterocycles. The lowest BCUT2D eigenvalue weighted by Gasteiger charge is -2.33. The Bertz CT molecular complexity index is 543. The van der Waals surface area contributed by atoms with Crippen molar-refractivity contribution in [3.63, 3.8) is 0 Å². The van der Waals surface area contributed by atoms with Gasteiger partial charge in [-0.25, -0.2) is 4.98 Å². The topological polar surface area (TPSA) is 65.9 Å². The molecule has 3 heterocycles. The fraction of sp³-hybridized carbons (Fsp3) is 0.625. The van der Waals surface area contributed by atoms with Crippen LogP contribution in [0.25, 0.3) is 0 Å². The molecule has 6 nitrogen and oxygen atoms in total. The SMILES string of the molecule is Cc1ccc(C(=O)N2CCOCC2)c(N2CCCC(O)C2)n1. The zero-order valence-corrected chi connectivity index (χ0v) is 13.0. The maximum absolute atomic E-state index is 12.8. The van der Waals surface area contributed by atoms with Gasteiger partial charge in [-0.3, -0.25) is 4.79 Å². The van der Waals surface area contributed by atoms with E-state index in [2.05, 4.69) is 4.98 Å². The van der Waals surface area contributed by atoms with E-state index in [-0.39, 0.29) is 12.0 Å². The number of aliphatic hydroxyl groups is 1. The molecule has 6 heteroatoms. The summed E-state index contributed by atoms with van der Waals surface area (Å²) in [7, 11) is 0. The molecule has 0 radical (unpaired) electrons. The highest BCUT2D eigenvalue weighted by Crippen LogP contribution is 2.24. The Labute approximate surface area is 130 Å². The summed E-state index contributed by atoms with van der Waals surface area (Å²) >= 11 is 0. The van der Waals surface area contributed by atoms with Gasteiger partial charge in [0.15, 0.2) is 0 Å². The van der Waals surface area contributed by atoms with Crippen molar-refractivity contribution >= 4 is 11.7 Å². The number of nitrogens with zero attached hydrogens (tertiary/aromatic N) is 3. The molecule has 0 saturated carbocycles. The Morgan fingerprint density at radius 2 is 2.09 bits per heavy atom. The van der Waals surface area contributed by atoms with Gasteiger partial charge in [-0.15, -0.1) is 0 Å². The van der Waals surface area contributed by atoms with E-state index < -0.39 is 0 Å². The van der Waals surface area contributed by atoms with Crippen molar-refractivity contribution in [1.82, 2.24) is 9.88 Å². The third kappa shape index (κ3) is 3.23. The third-order valence-corrected chi connectivity index (χ3v) is 4.24. The number of amides is 1. The van der Waals surface area contributed by atoms with Crippen molar-refractivity contribution in [2.75, 3.05) is 44.3 Å². The smallest absolute Gasteiger partial charge is 0.257 e. The Hall–Kier alpha value is -1.66. The van der Waals surface area contributed by atoms with E-state index >= 15 is 0 Å². The van der Waals surface area contributed by atoms with Crippen LogP contribution in [0.15, 0.2) is 12.1 Å². The minimum Gasteiger partial charge on any atom is -0.391 e. The number of hydrogen-bond donors (Lipinski definition) is 1. The second-order valence-corrected chi connectivity index (χ2v) is 5.97. The number of hydrogen-bond acceptors (Lipinski definition) is 5. The fourth-order valence-electron chi connectivity index (χ4n) is 3.03. The van der Waals surface area contributed by atoms with Crippen LogP contribution in [0.2, 0.25) is 0 Å². The van der Waals surface area contributed by atoms with Gasteiger partial charge in [-0.1, -0.05) is 0 Å². The van der Waals surface area contributed by atoms with Crippen LogP contribution in [0.3, 0.4) is 0 Å². The summed E-state index contributed by atoms with van der Waals surface area (Å²) in [4.78, 5) is 21.2. The molecule has 1 unspecified atom stereocenters. The number of pyridine rings is 1. The van der Waals surface area contributed by atoms with Crippen LogP contribution < -0.4 is 4.90 Å². The van der Waals surface area contributed by atoms with Crippen LogP contribution in [0.5, 0.6) is 0 Å². The van der Waals surface area contributed by atoms with E-state index in [0.717, 1.165) is 25.1 Å². The van der Waals surface area contributed by atoms with Crippen LogP contribution in [0.1, 0.15) is 28.9 Å². The molecule has 3 rings (SSSR count). The Morgan fingerprint density at radius 1 is 1.32 bits per heavy atom. The van der Waals surface area contributed by atoms with E-state index in [1.165, 1.54) is 0 Å². The molecule has 1 amide bonds. The summed E-state index contributed by atoms with van der Waals surface area (Å²) in [6.45, 7) is 5.71. The molecule has 0 aromatic carbocycles. The second-order valence-electron chi connectivity index (χ2n) is 5.97. The van der Waals surface area contributed by atoms with Gasteiger partial charge in [-0.05, 0) is 31.9 Å². The molecule has 0 aliphatic carbocycles. The first kappa shape index (κ1) is 15.2. The van der Waals surface area contributed by atoms with Crippen molar-refractivity contribution in [3.05, 3.63) is 23.4 Å². The number of ether oxygens (including phenoxy) is 1. The molecular weight excluding hydrogens is 282 g/mol. The first-order valence-corrected chi connectivity index (χ1v) is 7.93. The number of aryl methyl sites for hydroxylation is 1. The molecule has 2 fully saturated rings. The number of piperidine rings is 1. The number of morpholine rings is 1. The minimum absolute atomic E-state index is 0.00543. The molecule has 2 saturated heterocycles. The highest BCUT2D eigenvalue weighted by molar-refractivity contribution is 5.99. The molecule has 0 bridgehead atoms. The van der Waals surface area contributed by atoms with Crippen molar-refractivity contribution in [3.8, 4) is 0 Å². The number of carbonyl (C=O) groups is 1. The van der Waals surface area contributed by atoms with Crippen LogP contribution in [-0.4, -0.2) is 66.4 Å². The number of aliphatic hydroxyl groups excluding tert-OH is 1. The molecule has 2 aliphatic rings. The lowest BCUT2D eigenvalue weighted by molar-refractivity contribution is 0.0303. The molecule has 2 aliphatic heterocycles. The van der Waals surface area contributed by atoms with Gasteiger partial charge in [-0.2, -0.15) is 0 Å². The average molecular weight is 305 g/mol. The van der Waals surface area contributed by atoms with E-state index in [0.29, 0.717) is 44.2 Å². The van der Waals surface area contributed by atoms with E-state index in [1.807, 2.05) is 28.9 Å². The summed E-state index contributed by atoms with van der Waals surface area (Å²) in [6, 6.07) is 3.73. The molecule has 1 N–H and O–H groups in total. The molecule has 22 heavy (non-hydrogen) atoms. The van der Waals surface area contributed by atoms with Crippen molar-refractivity contribution in [2.45, 2.75) is 25.9 Å². The lowest BCUT2D eigenvalue weighted by Crippen LogP contribution is -2.43. The number of rotatable bonds is 2. The quantitative estimate of drug-likeness (QED) is 0.876. The number of β-amino-alcohol motifs (C(OH)–C–C–N with tert-alkyl or cyclic N) is 1. The van der Waals surface area contributed by atoms with E-state index in [1.54, 1.807) is 0 Å². The Balaban J connectivity index is 1.88. The minimum atomic E-state index is -0.345. The maximum atomic E-state index is 12.8. The van der Waals surface area contributed by atoms with Gasteiger partial charge in [0.25, 0.3) is 5.91 Å². The summed E-state index contributed by atoms with van der Waals surface area (Å²) in [5.74, 6) is 0.709. The predicted octanol–water partition coefficient (Wildman–Crippen LogP) is 0.824. The van der Waals surface area contributed by atoms with Crippen molar-refractivity contribution in [1.29, 1.82) is 0 Å². The maximum Gasteiger partial charge on any atom is 0.257 e. The van der Waals surface area contributed by atoms with Gasteiger partial charge in [0, 0.05) is 31.9 Å². The van der Waals surface area contributed by atoms with Gasteiger partial charge >= 0.3 is 0 Å². The Morgan fingerprint density at radius 3 is 2.82 bits per heavy atom. The van der Waals surface area contributed by atoms with Gasteiger partial charge in [0.05, 0.1) is 24.9 Å². The second kappa shape index (κ2) is 6.62. The monoisotopic (exact) mass is 305 g/mol. The van der Waals surface area contributed by atoms with Crippen molar-refractivity contribution < 1.29 is 14.6 Å². The zero-order chi connectivity index (χ0) is 15.5. The molecule has 1 aromatic rings. The number of carbonyl (C=O) groups excluding carboxylic acids is 1. The normalized spacial score (nSPS) is 22.7. The third-order valence-electron chi connectivity index (χ3n) is 4.24. The molecule has 0 spiro atoms. The highest BCUT2D eigenvalue weighted by Gasteiger charge is 2.26. The van der Waals surface area contributed by atoms with Crippen LogP contribution in [0, 0.1) is 6.92 Å². The largest absolute Gasteiger partial charge is 0.391 e. The Kier molecular flexibility index (Phi) is 4.59. The first-order valence-electron chi connectivity index (χ1n) is 7.93. The highest BCUT2D eigenvalue weighted by atomic mass is 16.5. The summed E-state index contributed by atoms with van der Waals surface area (Å²) in [5, 5.41) is 9.91. The van der Waals surface area contributed by atoms with E-state index in [9.17, 15) is 9.90 Å². The molecular formula is C16H23N3O3. The van der Waals surface area contributed by atoms with Crippen LogP contribution in [-0.2, 0) is 4.74 Å². The standard InChI is InChI=1S/C16H23N3O3/c1-12-4-5-14(16(21)18-7-9-22-10-8-18)15(17-12)19-6-2-3-13(20)11-19/h4-5,13,20H,2-3,6-11H2,1H3. The van der Waals surface area contributed by atoms with Crippen LogP contribution in [0.4, 0.5) is 5.82 Å². The summed E-state index contributed by atoms with van der Waals surface area (Å²) < 4.78 is 5.31. The summed E-state index contributed by atoms with van der Waals surface area (Å²) in [6.07, 6.45) is 1.39. The van der Waals surface area contributed by atoms with Gasteiger partial charge in [0.2, 0.25) is 0 Å². The van der Waals surface area contributed by atoms with E-state index in [4.69, 9.17) is 4.74 Å². The lowest BCUT2D eigenvalue weighted by atomic mass is 10.1. The fourth-order valence-corrected chi connectivity index (χ4v) is 3.03. The average Bonchev–Trinajstić information content (AvgIpc) is 2.55. The predicted molar refractivity (Wildman–Crippen MR) is 83.2 cm³/mol. The van der Waals surface area contributed by atoms with Crippen molar-refractivity contribution in [2.24, 2.45) is 0 Å². The zero-order valence-electron chi connectivity index (χ0n) is 13.0.